The SMILES string of the molecule is Fc1cccc([C@@H]2CN(Cc3ccccc3)C[C@H]2NCCn2cncn2)c1. The Kier molecular flexibility index (Phi) is 5.55. The molecular formula is C21H24FN5. The molecule has 0 radical (unpaired) electrons. The summed E-state index contributed by atoms with van der Waals surface area (Å²) in [5.41, 5.74) is 2.36. The maximum absolute atomic E-state index is 13.8. The lowest BCUT2D eigenvalue weighted by atomic mass is 9.94. The van der Waals surface area contributed by atoms with Crippen molar-refractivity contribution in [3.8, 4) is 0 Å². The summed E-state index contributed by atoms with van der Waals surface area (Å²) in [4.78, 5) is 6.42. The Morgan fingerprint density at radius 1 is 1.07 bits per heavy atom. The molecule has 0 unspecified atom stereocenters. The Morgan fingerprint density at radius 2 is 1.96 bits per heavy atom. The van der Waals surface area contributed by atoms with Gasteiger partial charge in [0, 0.05) is 38.1 Å². The normalized spacial score (nSPS) is 20.2. The standard InChI is InChI=1S/C21H24FN5/c22-19-8-4-7-18(11-19)20-13-26(12-17-5-2-1-3-6-17)14-21(20)24-9-10-27-16-23-15-25-27/h1-8,11,15-16,20-21,24H,9-10,12-14H2/t20-,21+/m0/s1. The van der Waals surface area contributed by atoms with E-state index < -0.39 is 0 Å². The van der Waals surface area contributed by atoms with Gasteiger partial charge in [-0.15, -0.1) is 0 Å². The van der Waals surface area contributed by atoms with Crippen molar-refractivity contribution in [2.24, 2.45) is 0 Å². The smallest absolute Gasteiger partial charge is 0.137 e. The molecule has 1 fully saturated rings. The first-order valence-electron chi connectivity index (χ1n) is 9.35. The van der Waals surface area contributed by atoms with Crippen LogP contribution >= 0.6 is 0 Å². The summed E-state index contributed by atoms with van der Waals surface area (Å²) in [6.45, 7) is 4.34. The number of rotatable bonds is 7. The zero-order valence-electron chi connectivity index (χ0n) is 15.2. The number of halogens is 1. The fourth-order valence-electron chi connectivity index (χ4n) is 3.85. The summed E-state index contributed by atoms with van der Waals surface area (Å²) < 4.78 is 15.6. The number of nitrogens with one attached hydrogen (secondary N) is 1. The van der Waals surface area contributed by atoms with Crippen LogP contribution in [-0.4, -0.2) is 45.3 Å². The van der Waals surface area contributed by atoms with E-state index in [1.807, 2.05) is 16.8 Å². The molecule has 1 aromatic heterocycles. The predicted molar refractivity (Wildman–Crippen MR) is 103 cm³/mol. The minimum Gasteiger partial charge on any atom is -0.310 e. The van der Waals surface area contributed by atoms with Crippen molar-refractivity contribution in [2.45, 2.75) is 25.0 Å². The zero-order chi connectivity index (χ0) is 18.5. The number of aromatic nitrogens is 3. The largest absolute Gasteiger partial charge is 0.310 e. The second kappa shape index (κ2) is 8.41. The average molecular weight is 365 g/mol. The van der Waals surface area contributed by atoms with Gasteiger partial charge in [-0.2, -0.15) is 5.10 Å². The highest BCUT2D eigenvalue weighted by atomic mass is 19.1. The Labute approximate surface area is 158 Å². The summed E-state index contributed by atoms with van der Waals surface area (Å²) in [5.74, 6) is 0.0931. The summed E-state index contributed by atoms with van der Waals surface area (Å²) in [6.07, 6.45) is 3.27. The Balaban J connectivity index is 1.44. The van der Waals surface area contributed by atoms with Crippen LogP contribution in [0, 0.1) is 5.82 Å². The van der Waals surface area contributed by atoms with Gasteiger partial charge in [0.05, 0.1) is 6.54 Å². The second-order valence-electron chi connectivity index (χ2n) is 7.06. The minimum atomic E-state index is -0.171. The molecule has 5 nitrogen and oxygen atoms in total. The van der Waals surface area contributed by atoms with Gasteiger partial charge < -0.3 is 5.32 Å². The average Bonchev–Trinajstić information content (AvgIpc) is 3.33. The van der Waals surface area contributed by atoms with Gasteiger partial charge in [-0.1, -0.05) is 42.5 Å². The quantitative estimate of drug-likeness (QED) is 0.699. The van der Waals surface area contributed by atoms with E-state index in [0.717, 1.165) is 38.3 Å². The second-order valence-corrected chi connectivity index (χ2v) is 7.06. The van der Waals surface area contributed by atoms with Gasteiger partial charge in [-0.3, -0.25) is 9.58 Å². The van der Waals surface area contributed by atoms with Crippen LogP contribution in [0.4, 0.5) is 4.39 Å². The highest BCUT2D eigenvalue weighted by Crippen LogP contribution is 2.29. The number of hydrogen-bond acceptors (Lipinski definition) is 4. The molecular weight excluding hydrogens is 341 g/mol. The Hall–Kier alpha value is -2.57. The molecule has 2 heterocycles. The first-order chi connectivity index (χ1) is 13.3. The van der Waals surface area contributed by atoms with Gasteiger partial charge in [0.15, 0.2) is 0 Å². The highest BCUT2D eigenvalue weighted by Gasteiger charge is 2.33. The Morgan fingerprint density at radius 3 is 2.74 bits per heavy atom. The maximum atomic E-state index is 13.8. The summed E-state index contributed by atoms with van der Waals surface area (Å²) in [5, 5.41) is 7.80. The maximum Gasteiger partial charge on any atom is 0.137 e. The third-order valence-corrected chi connectivity index (χ3v) is 5.14. The lowest BCUT2D eigenvalue weighted by Crippen LogP contribution is -2.37. The van der Waals surface area contributed by atoms with Crippen LogP contribution < -0.4 is 5.32 Å². The van der Waals surface area contributed by atoms with E-state index >= 15 is 0 Å². The van der Waals surface area contributed by atoms with Crippen LogP contribution in [0.15, 0.2) is 67.3 Å². The molecule has 6 heteroatoms. The zero-order valence-corrected chi connectivity index (χ0v) is 15.2. The van der Waals surface area contributed by atoms with E-state index in [4.69, 9.17) is 0 Å². The molecule has 2 atom stereocenters. The predicted octanol–water partition coefficient (Wildman–Crippen LogP) is 2.68. The molecule has 3 aromatic rings. The van der Waals surface area contributed by atoms with Crippen LogP contribution in [0.2, 0.25) is 0 Å². The van der Waals surface area contributed by atoms with Gasteiger partial charge in [0.25, 0.3) is 0 Å². The van der Waals surface area contributed by atoms with Crippen molar-refractivity contribution < 1.29 is 4.39 Å². The van der Waals surface area contributed by atoms with Crippen molar-refractivity contribution in [1.29, 1.82) is 0 Å². The number of benzene rings is 2. The summed E-state index contributed by atoms with van der Waals surface area (Å²) in [7, 11) is 0. The molecule has 1 saturated heterocycles. The third kappa shape index (κ3) is 4.59. The summed E-state index contributed by atoms with van der Waals surface area (Å²) >= 11 is 0. The fraction of sp³-hybridized carbons (Fsp3) is 0.333. The van der Waals surface area contributed by atoms with E-state index in [9.17, 15) is 4.39 Å². The van der Waals surface area contributed by atoms with E-state index in [2.05, 4.69) is 44.6 Å². The molecule has 0 spiro atoms. The van der Waals surface area contributed by atoms with Gasteiger partial charge in [-0.05, 0) is 23.3 Å². The fourth-order valence-corrected chi connectivity index (χ4v) is 3.85. The van der Waals surface area contributed by atoms with Crippen molar-refractivity contribution in [2.75, 3.05) is 19.6 Å². The van der Waals surface area contributed by atoms with Crippen molar-refractivity contribution in [3.05, 3.63) is 84.2 Å². The minimum absolute atomic E-state index is 0.171. The molecule has 140 valence electrons. The molecule has 0 saturated carbocycles. The molecule has 0 amide bonds. The lowest BCUT2D eigenvalue weighted by Gasteiger charge is -2.20. The van der Waals surface area contributed by atoms with Crippen molar-refractivity contribution >= 4 is 0 Å². The van der Waals surface area contributed by atoms with Crippen LogP contribution in [0.25, 0.3) is 0 Å². The van der Waals surface area contributed by atoms with Crippen LogP contribution in [0.5, 0.6) is 0 Å². The van der Waals surface area contributed by atoms with Crippen molar-refractivity contribution in [3.63, 3.8) is 0 Å². The molecule has 0 bridgehead atoms. The monoisotopic (exact) mass is 365 g/mol. The molecule has 0 aliphatic carbocycles. The van der Waals surface area contributed by atoms with E-state index in [1.54, 1.807) is 24.8 Å². The number of nitrogens with zero attached hydrogens (tertiary/aromatic N) is 4. The lowest BCUT2D eigenvalue weighted by molar-refractivity contribution is 0.318. The van der Waals surface area contributed by atoms with Gasteiger partial charge in [0.1, 0.15) is 18.5 Å². The van der Waals surface area contributed by atoms with E-state index in [1.165, 1.54) is 11.6 Å². The Bertz CT molecular complexity index is 837. The van der Waals surface area contributed by atoms with E-state index in [-0.39, 0.29) is 17.8 Å². The third-order valence-electron chi connectivity index (χ3n) is 5.14. The van der Waals surface area contributed by atoms with E-state index in [0.29, 0.717) is 0 Å². The molecule has 1 N–H and O–H groups in total. The molecule has 27 heavy (non-hydrogen) atoms. The number of hydrogen-bond donors (Lipinski definition) is 1. The highest BCUT2D eigenvalue weighted by molar-refractivity contribution is 5.25. The first-order valence-corrected chi connectivity index (χ1v) is 9.35. The topological polar surface area (TPSA) is 46.0 Å². The molecule has 1 aliphatic rings. The van der Waals surface area contributed by atoms with Crippen LogP contribution in [0.3, 0.4) is 0 Å². The van der Waals surface area contributed by atoms with Gasteiger partial charge in [-0.25, -0.2) is 9.37 Å². The van der Waals surface area contributed by atoms with Crippen LogP contribution in [0.1, 0.15) is 17.0 Å². The van der Waals surface area contributed by atoms with Crippen molar-refractivity contribution in [1.82, 2.24) is 25.0 Å². The van der Waals surface area contributed by atoms with Crippen LogP contribution in [-0.2, 0) is 13.1 Å². The number of likely N-dealkylation sites (tertiary alicyclic amines) is 1. The van der Waals surface area contributed by atoms with Gasteiger partial charge >= 0.3 is 0 Å². The molecule has 2 aromatic carbocycles. The first kappa shape index (κ1) is 17.8. The summed E-state index contributed by atoms with van der Waals surface area (Å²) in [6, 6.07) is 17.8. The molecule has 4 rings (SSSR count). The molecule has 1 aliphatic heterocycles. The van der Waals surface area contributed by atoms with Gasteiger partial charge in [0.2, 0.25) is 0 Å².